The Balaban J connectivity index is 1.30. The molecular weight excluding hydrogens is 426 g/mol. The van der Waals surface area contributed by atoms with E-state index in [1.807, 2.05) is 30.9 Å². The van der Waals surface area contributed by atoms with Crippen molar-refractivity contribution in [2.24, 2.45) is 4.99 Å². The fraction of sp³-hybridized carbons (Fsp3) is 0.308. The summed E-state index contributed by atoms with van der Waals surface area (Å²) in [6.45, 7) is 7.11. The van der Waals surface area contributed by atoms with Crippen molar-refractivity contribution in [3.63, 3.8) is 0 Å². The van der Waals surface area contributed by atoms with Gasteiger partial charge in [-0.2, -0.15) is 0 Å². The van der Waals surface area contributed by atoms with E-state index in [4.69, 9.17) is 19.7 Å². The van der Waals surface area contributed by atoms with Gasteiger partial charge in [-0.15, -0.1) is 0 Å². The molecule has 1 aromatic carbocycles. The van der Waals surface area contributed by atoms with E-state index in [-0.39, 0.29) is 6.04 Å². The highest BCUT2D eigenvalue weighted by Gasteiger charge is 2.27. The zero-order valence-corrected chi connectivity index (χ0v) is 19.2. The van der Waals surface area contributed by atoms with Crippen LogP contribution in [-0.4, -0.2) is 70.1 Å². The number of rotatable bonds is 5. The first kappa shape index (κ1) is 20.8. The minimum Gasteiger partial charge on any atom is -0.378 e. The van der Waals surface area contributed by atoms with Crippen LogP contribution in [0, 0.1) is 0 Å². The first-order valence-electron chi connectivity index (χ1n) is 11.8. The Morgan fingerprint density at radius 2 is 1.82 bits per heavy atom. The summed E-state index contributed by atoms with van der Waals surface area (Å²) in [5.74, 6) is 1.52. The predicted molar refractivity (Wildman–Crippen MR) is 133 cm³/mol. The highest BCUT2D eigenvalue weighted by Crippen LogP contribution is 2.31. The molecule has 0 aliphatic carbocycles. The maximum absolute atomic E-state index is 5.49. The highest BCUT2D eigenvalue weighted by atomic mass is 16.5. The van der Waals surface area contributed by atoms with Crippen molar-refractivity contribution < 1.29 is 4.74 Å². The molecule has 3 aromatic heterocycles. The fourth-order valence-electron chi connectivity index (χ4n) is 4.71. The molecule has 0 saturated carbocycles. The van der Waals surface area contributed by atoms with Crippen LogP contribution in [0.25, 0.3) is 22.2 Å². The predicted octanol–water partition coefficient (Wildman–Crippen LogP) is 3.68. The molecule has 1 N–H and O–H groups in total. The Morgan fingerprint density at radius 1 is 1.03 bits per heavy atom. The van der Waals surface area contributed by atoms with E-state index in [1.54, 1.807) is 0 Å². The lowest BCUT2D eigenvalue weighted by atomic mass is 10.1. The molecule has 2 aliphatic heterocycles. The maximum atomic E-state index is 5.49. The summed E-state index contributed by atoms with van der Waals surface area (Å²) in [6.07, 6.45) is 7.68. The van der Waals surface area contributed by atoms with Crippen LogP contribution in [0.2, 0.25) is 0 Å². The largest absolute Gasteiger partial charge is 0.378 e. The van der Waals surface area contributed by atoms with Gasteiger partial charge in [0.2, 0.25) is 0 Å². The standard InChI is InChI=1S/C26H27N7O/c1-2-32-17-23(18-6-4-3-5-7-18)31-26(32)25-27-13-19(14-28-25)22-16-30-24-21(22)12-20(15-29-24)33-8-10-34-11-9-33/h3-7,12-16,23H,2,8-11,17H2,1H3,(H,29,30)/t23-/m1/s1. The lowest BCUT2D eigenvalue weighted by Crippen LogP contribution is -2.36. The van der Waals surface area contributed by atoms with E-state index in [0.29, 0.717) is 5.82 Å². The molecule has 0 spiro atoms. The smallest absolute Gasteiger partial charge is 0.195 e. The number of anilines is 1. The van der Waals surface area contributed by atoms with Crippen LogP contribution >= 0.6 is 0 Å². The molecule has 5 heterocycles. The number of nitrogens with one attached hydrogen (secondary N) is 1. The molecule has 6 rings (SSSR count). The molecule has 8 heteroatoms. The Morgan fingerprint density at radius 3 is 2.59 bits per heavy atom. The molecule has 0 unspecified atom stereocenters. The Labute approximate surface area is 198 Å². The number of amidine groups is 1. The highest BCUT2D eigenvalue weighted by molar-refractivity contribution is 5.98. The number of nitrogens with zero attached hydrogens (tertiary/aromatic N) is 6. The van der Waals surface area contributed by atoms with E-state index < -0.39 is 0 Å². The number of benzene rings is 1. The number of ether oxygens (including phenoxy) is 1. The van der Waals surface area contributed by atoms with Crippen molar-refractivity contribution in [2.75, 3.05) is 44.3 Å². The number of aromatic amines is 1. The lowest BCUT2D eigenvalue weighted by Gasteiger charge is -2.28. The summed E-state index contributed by atoms with van der Waals surface area (Å²) >= 11 is 0. The van der Waals surface area contributed by atoms with Crippen molar-refractivity contribution in [3.05, 3.63) is 72.6 Å². The Hall–Kier alpha value is -3.78. The van der Waals surface area contributed by atoms with Gasteiger partial charge >= 0.3 is 0 Å². The van der Waals surface area contributed by atoms with Gasteiger partial charge in [0.1, 0.15) is 5.65 Å². The molecule has 172 valence electrons. The summed E-state index contributed by atoms with van der Waals surface area (Å²) in [4.78, 5) is 26.9. The molecule has 1 saturated heterocycles. The number of fused-ring (bicyclic) bond motifs is 1. The van der Waals surface area contributed by atoms with E-state index in [2.05, 4.69) is 57.0 Å². The van der Waals surface area contributed by atoms with Gasteiger partial charge in [0, 0.05) is 61.3 Å². The number of hydrogen-bond acceptors (Lipinski definition) is 7. The van der Waals surface area contributed by atoms with Gasteiger partial charge in [0.05, 0.1) is 31.1 Å². The second-order valence-corrected chi connectivity index (χ2v) is 8.60. The first-order valence-corrected chi connectivity index (χ1v) is 11.8. The van der Waals surface area contributed by atoms with Gasteiger partial charge in [-0.25, -0.2) is 15.0 Å². The third-order valence-corrected chi connectivity index (χ3v) is 6.59. The normalized spacial score (nSPS) is 18.5. The van der Waals surface area contributed by atoms with Crippen molar-refractivity contribution in [1.82, 2.24) is 24.8 Å². The van der Waals surface area contributed by atoms with Crippen LogP contribution in [0.5, 0.6) is 0 Å². The van der Waals surface area contributed by atoms with Crippen LogP contribution in [0.3, 0.4) is 0 Å². The SMILES string of the molecule is CCN1C[C@H](c2ccccc2)N=C1c1ncc(-c2c[nH]c3ncc(N4CCOCC4)cc23)cn1. The van der Waals surface area contributed by atoms with Gasteiger partial charge in [0.25, 0.3) is 0 Å². The second-order valence-electron chi connectivity index (χ2n) is 8.60. The van der Waals surface area contributed by atoms with Gasteiger partial charge in [-0.1, -0.05) is 30.3 Å². The average molecular weight is 454 g/mol. The van der Waals surface area contributed by atoms with E-state index in [0.717, 1.165) is 73.1 Å². The monoisotopic (exact) mass is 453 g/mol. The minimum atomic E-state index is 0.109. The molecule has 34 heavy (non-hydrogen) atoms. The number of hydrogen-bond donors (Lipinski definition) is 1. The van der Waals surface area contributed by atoms with Crippen LogP contribution < -0.4 is 4.90 Å². The number of pyridine rings is 1. The molecular formula is C26H27N7O. The summed E-state index contributed by atoms with van der Waals surface area (Å²) < 4.78 is 5.49. The van der Waals surface area contributed by atoms with Crippen molar-refractivity contribution in [1.29, 1.82) is 0 Å². The molecule has 0 radical (unpaired) electrons. The van der Waals surface area contributed by atoms with E-state index >= 15 is 0 Å². The zero-order chi connectivity index (χ0) is 22.9. The average Bonchev–Trinajstić information content (AvgIpc) is 3.54. The topological polar surface area (TPSA) is 82.5 Å². The summed E-state index contributed by atoms with van der Waals surface area (Å²) in [6, 6.07) is 12.7. The third kappa shape index (κ3) is 3.80. The second kappa shape index (κ2) is 8.87. The number of aliphatic imine (C=N–C) groups is 1. The van der Waals surface area contributed by atoms with E-state index in [1.165, 1.54) is 5.56 Å². The third-order valence-electron chi connectivity index (χ3n) is 6.59. The maximum Gasteiger partial charge on any atom is 0.195 e. The van der Waals surface area contributed by atoms with Crippen molar-refractivity contribution >= 4 is 22.6 Å². The van der Waals surface area contributed by atoms with Crippen LogP contribution in [-0.2, 0) is 4.74 Å². The van der Waals surface area contributed by atoms with Gasteiger partial charge in [-0.3, -0.25) is 4.99 Å². The fourth-order valence-corrected chi connectivity index (χ4v) is 4.71. The molecule has 0 bridgehead atoms. The molecule has 4 aromatic rings. The van der Waals surface area contributed by atoms with Crippen LogP contribution in [0.4, 0.5) is 5.69 Å². The summed E-state index contributed by atoms with van der Waals surface area (Å²) in [5, 5.41) is 1.07. The molecule has 1 atom stereocenters. The first-order chi connectivity index (χ1) is 16.8. The van der Waals surface area contributed by atoms with E-state index in [9.17, 15) is 0 Å². The van der Waals surface area contributed by atoms with Gasteiger partial charge < -0.3 is 19.5 Å². The molecule has 2 aliphatic rings. The van der Waals surface area contributed by atoms with Crippen molar-refractivity contribution in [2.45, 2.75) is 13.0 Å². The molecule has 1 fully saturated rings. The zero-order valence-electron chi connectivity index (χ0n) is 19.2. The van der Waals surface area contributed by atoms with Crippen molar-refractivity contribution in [3.8, 4) is 11.1 Å². The Kier molecular flexibility index (Phi) is 5.43. The number of aromatic nitrogens is 4. The lowest BCUT2D eigenvalue weighted by molar-refractivity contribution is 0.122. The number of likely N-dealkylation sites (N-methyl/N-ethyl adjacent to an activating group) is 1. The van der Waals surface area contributed by atoms with Gasteiger partial charge in [0.15, 0.2) is 11.7 Å². The Bertz CT molecular complexity index is 1310. The number of morpholine rings is 1. The minimum absolute atomic E-state index is 0.109. The summed E-state index contributed by atoms with van der Waals surface area (Å²) in [5.41, 5.74) is 5.19. The van der Waals surface area contributed by atoms with Crippen LogP contribution in [0.15, 0.2) is 66.2 Å². The summed E-state index contributed by atoms with van der Waals surface area (Å²) in [7, 11) is 0. The molecule has 8 nitrogen and oxygen atoms in total. The quantitative estimate of drug-likeness (QED) is 0.496. The molecule has 0 amide bonds. The van der Waals surface area contributed by atoms with Gasteiger partial charge in [-0.05, 0) is 18.6 Å². The number of H-pyrrole nitrogens is 1. The van der Waals surface area contributed by atoms with Crippen LogP contribution in [0.1, 0.15) is 24.4 Å².